The van der Waals surface area contributed by atoms with E-state index < -0.39 is 0 Å². The number of para-hydroxylation sites is 1. The van der Waals surface area contributed by atoms with Gasteiger partial charge in [0.15, 0.2) is 0 Å². The molecule has 0 aliphatic carbocycles. The second-order valence-corrected chi connectivity index (χ2v) is 7.61. The largest absolute Gasteiger partial charge is 0.309 e. The van der Waals surface area contributed by atoms with E-state index in [9.17, 15) is 0 Å². The Labute approximate surface area is 176 Å². The molecule has 0 saturated heterocycles. The number of nitrogens with zero attached hydrogens (tertiary/aromatic N) is 1. The predicted octanol–water partition coefficient (Wildman–Crippen LogP) is 7.60. The van der Waals surface area contributed by atoms with Crippen molar-refractivity contribution < 1.29 is 0 Å². The molecule has 4 aromatic rings. The lowest BCUT2D eigenvalue weighted by atomic mass is 9.88. The zero-order valence-corrected chi connectivity index (χ0v) is 16.7. The molecular weight excluding hydrogens is 374 g/mol. The van der Waals surface area contributed by atoms with Gasteiger partial charge in [-0.2, -0.15) is 0 Å². The molecule has 5 rings (SSSR count). The minimum atomic E-state index is 0.743. The molecule has 0 spiro atoms. The normalized spacial score (nSPS) is 13.3. The van der Waals surface area contributed by atoms with E-state index in [0.29, 0.717) is 0 Å². The molecule has 29 heavy (non-hydrogen) atoms. The summed E-state index contributed by atoms with van der Waals surface area (Å²) >= 11 is 6.20. The van der Waals surface area contributed by atoms with E-state index in [4.69, 9.17) is 11.6 Å². The van der Waals surface area contributed by atoms with E-state index >= 15 is 0 Å². The van der Waals surface area contributed by atoms with Crippen LogP contribution in [0.25, 0.3) is 11.3 Å². The van der Waals surface area contributed by atoms with Crippen molar-refractivity contribution in [2.45, 2.75) is 6.42 Å². The summed E-state index contributed by atoms with van der Waals surface area (Å²) in [6.07, 6.45) is 0.897. The second kappa shape index (κ2) is 7.62. The van der Waals surface area contributed by atoms with Crippen LogP contribution < -0.4 is 4.90 Å². The summed E-state index contributed by atoms with van der Waals surface area (Å²) < 4.78 is 0. The summed E-state index contributed by atoms with van der Waals surface area (Å²) in [5.74, 6) is 0. The number of fused-ring (bicyclic) bond motifs is 1. The van der Waals surface area contributed by atoms with Gasteiger partial charge in [0, 0.05) is 22.8 Å². The number of halogens is 1. The fraction of sp³-hybridized carbons (Fsp3) is 0.0370. The van der Waals surface area contributed by atoms with Crippen molar-refractivity contribution in [1.29, 1.82) is 0 Å². The average Bonchev–Trinajstić information content (AvgIpc) is 2.79. The molecule has 0 aromatic heterocycles. The third-order valence-corrected chi connectivity index (χ3v) is 5.62. The van der Waals surface area contributed by atoms with Crippen LogP contribution in [0.15, 0.2) is 109 Å². The molecule has 1 heterocycles. The summed E-state index contributed by atoms with van der Waals surface area (Å²) in [5.41, 5.74) is 8.64. The molecular formula is C27H20ClN. The molecule has 1 aliphatic heterocycles. The highest BCUT2D eigenvalue weighted by Gasteiger charge is 2.28. The van der Waals surface area contributed by atoms with Crippen molar-refractivity contribution >= 4 is 34.2 Å². The van der Waals surface area contributed by atoms with Crippen LogP contribution in [0.1, 0.15) is 16.7 Å². The summed E-state index contributed by atoms with van der Waals surface area (Å²) in [4.78, 5) is 2.37. The Bertz CT molecular complexity index is 1160. The van der Waals surface area contributed by atoms with Gasteiger partial charge in [-0.3, -0.25) is 0 Å². The molecule has 0 atom stereocenters. The highest BCUT2D eigenvalue weighted by Crippen LogP contribution is 2.46. The van der Waals surface area contributed by atoms with Gasteiger partial charge >= 0.3 is 0 Å². The third-order valence-electron chi connectivity index (χ3n) is 5.36. The predicted molar refractivity (Wildman–Crippen MR) is 123 cm³/mol. The lowest BCUT2D eigenvalue weighted by Crippen LogP contribution is -2.23. The number of rotatable bonds is 3. The first kappa shape index (κ1) is 17.8. The Hall–Kier alpha value is -3.29. The first-order chi connectivity index (χ1) is 14.3. The van der Waals surface area contributed by atoms with Crippen LogP contribution in [0.4, 0.5) is 11.4 Å². The van der Waals surface area contributed by atoms with Crippen molar-refractivity contribution in [1.82, 2.24) is 0 Å². The SMILES string of the molecule is Clc1ccc(N2C(c3ccccc3)=C(c3ccccc3)Cc3ccccc32)cc1. The van der Waals surface area contributed by atoms with Crippen molar-refractivity contribution in [3.05, 3.63) is 131 Å². The Balaban J connectivity index is 1.82. The van der Waals surface area contributed by atoms with Crippen LogP contribution >= 0.6 is 11.6 Å². The van der Waals surface area contributed by atoms with Crippen LogP contribution in [-0.4, -0.2) is 0 Å². The Morgan fingerprint density at radius 3 is 1.86 bits per heavy atom. The van der Waals surface area contributed by atoms with E-state index in [1.54, 1.807) is 0 Å². The molecule has 4 aromatic carbocycles. The number of hydrogen-bond donors (Lipinski definition) is 0. The van der Waals surface area contributed by atoms with E-state index in [-0.39, 0.29) is 0 Å². The van der Waals surface area contributed by atoms with E-state index in [2.05, 4.69) is 102 Å². The van der Waals surface area contributed by atoms with Crippen molar-refractivity contribution in [3.8, 4) is 0 Å². The van der Waals surface area contributed by atoms with Gasteiger partial charge < -0.3 is 4.90 Å². The van der Waals surface area contributed by atoms with Crippen molar-refractivity contribution in [2.24, 2.45) is 0 Å². The number of benzene rings is 4. The van der Waals surface area contributed by atoms with Crippen molar-refractivity contribution in [3.63, 3.8) is 0 Å². The first-order valence-corrected chi connectivity index (χ1v) is 10.2. The highest BCUT2D eigenvalue weighted by atomic mass is 35.5. The smallest absolute Gasteiger partial charge is 0.0575 e. The molecule has 1 nitrogen and oxygen atoms in total. The molecule has 140 valence electrons. The first-order valence-electron chi connectivity index (χ1n) is 9.79. The molecule has 0 amide bonds. The molecule has 1 aliphatic rings. The van der Waals surface area contributed by atoms with E-state index in [0.717, 1.165) is 17.1 Å². The fourth-order valence-corrected chi connectivity index (χ4v) is 4.17. The summed E-state index contributed by atoms with van der Waals surface area (Å²) in [5, 5.41) is 0.743. The number of allylic oxidation sites excluding steroid dienone is 1. The standard InChI is InChI=1S/C27H20ClN/c28-23-15-17-24(18-16-23)29-26-14-8-7-13-22(26)19-25(20-9-3-1-4-10-20)27(29)21-11-5-2-6-12-21/h1-18H,19H2. The maximum Gasteiger partial charge on any atom is 0.0575 e. The van der Waals surface area contributed by atoms with Crippen LogP contribution in [0.5, 0.6) is 0 Å². The summed E-state index contributed by atoms with van der Waals surface area (Å²) in [6.45, 7) is 0. The van der Waals surface area contributed by atoms with Gasteiger partial charge in [-0.1, -0.05) is 90.5 Å². The van der Waals surface area contributed by atoms with Crippen LogP contribution in [0.3, 0.4) is 0 Å². The molecule has 0 N–H and O–H groups in total. The maximum atomic E-state index is 6.20. The van der Waals surface area contributed by atoms with Gasteiger partial charge in [0.05, 0.1) is 5.70 Å². The Morgan fingerprint density at radius 1 is 0.586 bits per heavy atom. The van der Waals surface area contributed by atoms with E-state index in [1.165, 1.54) is 33.6 Å². The molecule has 0 fully saturated rings. The fourth-order valence-electron chi connectivity index (χ4n) is 4.04. The topological polar surface area (TPSA) is 3.24 Å². The lowest BCUT2D eigenvalue weighted by molar-refractivity contribution is 1.16. The van der Waals surface area contributed by atoms with Crippen molar-refractivity contribution in [2.75, 3.05) is 4.90 Å². The summed E-state index contributed by atoms with van der Waals surface area (Å²) in [6, 6.07) is 38.1. The van der Waals surface area contributed by atoms with Gasteiger partial charge in [0.1, 0.15) is 0 Å². The molecule has 2 heteroatoms. The van der Waals surface area contributed by atoms with Crippen LogP contribution in [-0.2, 0) is 6.42 Å². The van der Waals surface area contributed by atoms with Crippen LogP contribution in [0, 0.1) is 0 Å². The lowest BCUT2D eigenvalue weighted by Gasteiger charge is -2.36. The Morgan fingerprint density at radius 2 is 1.17 bits per heavy atom. The average molecular weight is 394 g/mol. The minimum Gasteiger partial charge on any atom is -0.309 e. The quantitative estimate of drug-likeness (QED) is 0.346. The molecule has 0 unspecified atom stereocenters. The van der Waals surface area contributed by atoms with E-state index in [1.807, 2.05) is 12.1 Å². The monoisotopic (exact) mass is 393 g/mol. The molecule has 0 saturated carbocycles. The van der Waals surface area contributed by atoms with Gasteiger partial charge in [-0.15, -0.1) is 0 Å². The van der Waals surface area contributed by atoms with Gasteiger partial charge in [-0.05, 0) is 52.6 Å². The summed E-state index contributed by atoms with van der Waals surface area (Å²) in [7, 11) is 0. The molecule has 0 radical (unpaired) electrons. The zero-order chi connectivity index (χ0) is 19.6. The maximum absolute atomic E-state index is 6.20. The number of anilines is 2. The highest BCUT2D eigenvalue weighted by molar-refractivity contribution is 6.30. The van der Waals surface area contributed by atoms with Gasteiger partial charge in [0.2, 0.25) is 0 Å². The second-order valence-electron chi connectivity index (χ2n) is 7.18. The van der Waals surface area contributed by atoms with Gasteiger partial charge in [-0.25, -0.2) is 0 Å². The number of hydrogen-bond acceptors (Lipinski definition) is 1. The zero-order valence-electron chi connectivity index (χ0n) is 15.9. The van der Waals surface area contributed by atoms with Gasteiger partial charge in [0.25, 0.3) is 0 Å². The molecule has 0 bridgehead atoms. The van der Waals surface area contributed by atoms with Crippen LogP contribution in [0.2, 0.25) is 5.02 Å². The third kappa shape index (κ3) is 3.35. The Kier molecular flexibility index (Phi) is 4.67. The minimum absolute atomic E-state index is 0.743.